The summed E-state index contributed by atoms with van der Waals surface area (Å²) in [6.07, 6.45) is 2.87. The van der Waals surface area contributed by atoms with E-state index in [2.05, 4.69) is 0 Å². The Labute approximate surface area is 103 Å². The first-order valence-electron chi connectivity index (χ1n) is 6.11. The molecule has 4 heteroatoms. The third-order valence-electron chi connectivity index (χ3n) is 2.95. The van der Waals surface area contributed by atoms with E-state index < -0.39 is 5.60 Å². The first-order chi connectivity index (χ1) is 7.81. The predicted molar refractivity (Wildman–Crippen MR) is 63.3 cm³/mol. The van der Waals surface area contributed by atoms with Crippen LogP contribution in [0.1, 0.15) is 46.5 Å². The van der Waals surface area contributed by atoms with E-state index >= 15 is 0 Å². The number of carbonyl (C=O) groups excluding carboxylic acids is 2. The van der Waals surface area contributed by atoms with Crippen molar-refractivity contribution in [2.24, 2.45) is 11.8 Å². The third kappa shape index (κ3) is 4.75. The second kappa shape index (κ2) is 5.52. The lowest BCUT2D eigenvalue weighted by Gasteiger charge is -2.20. The molecular weight excluding hydrogens is 220 g/mol. The Morgan fingerprint density at radius 1 is 1.24 bits per heavy atom. The van der Waals surface area contributed by atoms with Crippen molar-refractivity contribution >= 4 is 11.9 Å². The van der Waals surface area contributed by atoms with Gasteiger partial charge in [0.15, 0.2) is 0 Å². The molecule has 1 saturated carbocycles. The van der Waals surface area contributed by atoms with Gasteiger partial charge in [-0.2, -0.15) is 0 Å². The summed E-state index contributed by atoms with van der Waals surface area (Å²) >= 11 is 0. The fourth-order valence-electron chi connectivity index (χ4n) is 2.26. The molecule has 0 aromatic carbocycles. The number of carbonyl (C=O) groups is 2. The van der Waals surface area contributed by atoms with Gasteiger partial charge < -0.3 is 9.47 Å². The van der Waals surface area contributed by atoms with Gasteiger partial charge >= 0.3 is 11.9 Å². The number of hydrogen-bond donors (Lipinski definition) is 0. The van der Waals surface area contributed by atoms with Crippen LogP contribution in [0.2, 0.25) is 0 Å². The number of hydrogen-bond acceptors (Lipinski definition) is 4. The minimum absolute atomic E-state index is 0.0348. The molecule has 4 nitrogen and oxygen atoms in total. The Bertz CT molecular complexity index is 290. The summed E-state index contributed by atoms with van der Waals surface area (Å²) in [4.78, 5) is 23.0. The third-order valence-corrected chi connectivity index (χ3v) is 2.95. The van der Waals surface area contributed by atoms with Gasteiger partial charge in [-0.05, 0) is 46.0 Å². The van der Waals surface area contributed by atoms with Gasteiger partial charge in [-0.15, -0.1) is 0 Å². The Morgan fingerprint density at radius 3 is 2.41 bits per heavy atom. The van der Waals surface area contributed by atoms with Crippen LogP contribution in [0.15, 0.2) is 0 Å². The molecular formula is C13H22O4. The first-order valence-corrected chi connectivity index (χ1v) is 6.11. The smallest absolute Gasteiger partial charge is 0.308 e. The highest BCUT2D eigenvalue weighted by Crippen LogP contribution is 2.34. The van der Waals surface area contributed by atoms with Crippen LogP contribution in [0.3, 0.4) is 0 Å². The summed E-state index contributed by atoms with van der Waals surface area (Å²) in [7, 11) is 1.41. The summed E-state index contributed by atoms with van der Waals surface area (Å²) < 4.78 is 9.98. The SMILES string of the molecule is COC(=O)[C@@H]1CC[C@@H](CC(=O)OC(C)(C)C)C1. The van der Waals surface area contributed by atoms with Gasteiger partial charge in [0.25, 0.3) is 0 Å². The van der Waals surface area contributed by atoms with E-state index in [-0.39, 0.29) is 23.8 Å². The van der Waals surface area contributed by atoms with E-state index in [0.717, 1.165) is 19.3 Å². The van der Waals surface area contributed by atoms with Crippen molar-refractivity contribution in [2.75, 3.05) is 7.11 Å². The quantitative estimate of drug-likeness (QED) is 0.713. The molecule has 0 spiro atoms. The largest absolute Gasteiger partial charge is 0.469 e. The lowest BCUT2D eigenvalue weighted by atomic mass is 10.0. The van der Waals surface area contributed by atoms with Crippen LogP contribution >= 0.6 is 0 Å². The summed E-state index contributed by atoms with van der Waals surface area (Å²) in [6.45, 7) is 5.57. The minimum atomic E-state index is -0.433. The van der Waals surface area contributed by atoms with E-state index in [1.165, 1.54) is 7.11 Å². The summed E-state index contributed by atoms with van der Waals surface area (Å²) in [5, 5.41) is 0. The molecule has 0 saturated heterocycles. The zero-order valence-electron chi connectivity index (χ0n) is 11.1. The minimum Gasteiger partial charge on any atom is -0.469 e. The van der Waals surface area contributed by atoms with E-state index in [4.69, 9.17) is 9.47 Å². The van der Waals surface area contributed by atoms with Crippen molar-refractivity contribution in [3.63, 3.8) is 0 Å². The van der Waals surface area contributed by atoms with Crippen molar-refractivity contribution < 1.29 is 19.1 Å². The fourth-order valence-corrected chi connectivity index (χ4v) is 2.26. The summed E-state index contributed by atoms with van der Waals surface area (Å²) in [6, 6.07) is 0. The van der Waals surface area contributed by atoms with Gasteiger partial charge in [0, 0.05) is 6.42 Å². The zero-order valence-corrected chi connectivity index (χ0v) is 11.1. The van der Waals surface area contributed by atoms with Crippen molar-refractivity contribution in [1.82, 2.24) is 0 Å². The molecule has 0 unspecified atom stereocenters. The Morgan fingerprint density at radius 2 is 1.88 bits per heavy atom. The van der Waals surface area contributed by atoms with Gasteiger partial charge in [-0.25, -0.2) is 0 Å². The van der Waals surface area contributed by atoms with Gasteiger partial charge in [0.2, 0.25) is 0 Å². The lowest BCUT2D eigenvalue weighted by Crippen LogP contribution is -2.25. The molecule has 0 N–H and O–H groups in total. The highest BCUT2D eigenvalue weighted by molar-refractivity contribution is 5.73. The normalized spacial score (nSPS) is 24.5. The fraction of sp³-hybridized carbons (Fsp3) is 0.846. The standard InChI is InChI=1S/C13H22O4/c1-13(2,3)17-11(14)8-9-5-6-10(7-9)12(15)16-4/h9-10H,5-8H2,1-4H3/t9-,10-/m1/s1. The summed E-state index contributed by atoms with van der Waals surface area (Å²) in [5.74, 6) is -0.105. The van der Waals surface area contributed by atoms with Crippen LogP contribution in [0, 0.1) is 11.8 Å². The predicted octanol–water partition coefficient (Wildman–Crippen LogP) is 2.31. The molecule has 17 heavy (non-hydrogen) atoms. The first kappa shape index (κ1) is 14.0. The Hall–Kier alpha value is -1.06. The number of ether oxygens (including phenoxy) is 2. The van der Waals surface area contributed by atoms with Crippen LogP contribution in [-0.2, 0) is 19.1 Å². The van der Waals surface area contributed by atoms with Crippen LogP contribution in [0.25, 0.3) is 0 Å². The molecule has 2 atom stereocenters. The molecule has 0 bridgehead atoms. The highest BCUT2D eigenvalue weighted by Gasteiger charge is 2.32. The van der Waals surface area contributed by atoms with Crippen molar-refractivity contribution in [3.8, 4) is 0 Å². The molecule has 1 aliphatic carbocycles. The van der Waals surface area contributed by atoms with E-state index in [0.29, 0.717) is 6.42 Å². The van der Waals surface area contributed by atoms with Gasteiger partial charge in [-0.3, -0.25) is 9.59 Å². The molecule has 0 aromatic rings. The molecule has 1 aliphatic rings. The second-order valence-electron chi connectivity index (χ2n) is 5.69. The number of methoxy groups -OCH3 is 1. The number of rotatable bonds is 3. The molecule has 0 aliphatic heterocycles. The van der Waals surface area contributed by atoms with E-state index in [1.807, 2.05) is 20.8 Å². The van der Waals surface area contributed by atoms with Gasteiger partial charge in [-0.1, -0.05) is 0 Å². The van der Waals surface area contributed by atoms with Crippen LogP contribution in [0.5, 0.6) is 0 Å². The topological polar surface area (TPSA) is 52.6 Å². The maximum Gasteiger partial charge on any atom is 0.308 e. The lowest BCUT2D eigenvalue weighted by molar-refractivity contribution is -0.156. The maximum absolute atomic E-state index is 11.6. The van der Waals surface area contributed by atoms with E-state index in [9.17, 15) is 9.59 Å². The van der Waals surface area contributed by atoms with Crippen molar-refractivity contribution in [1.29, 1.82) is 0 Å². The average molecular weight is 242 g/mol. The molecule has 0 radical (unpaired) electrons. The average Bonchev–Trinajstić information content (AvgIpc) is 2.62. The molecule has 1 fully saturated rings. The van der Waals surface area contributed by atoms with Crippen molar-refractivity contribution in [3.05, 3.63) is 0 Å². The zero-order chi connectivity index (χ0) is 13.1. The summed E-state index contributed by atoms with van der Waals surface area (Å²) in [5.41, 5.74) is -0.433. The molecule has 0 heterocycles. The van der Waals surface area contributed by atoms with Crippen LogP contribution in [0.4, 0.5) is 0 Å². The molecule has 1 rings (SSSR count). The monoisotopic (exact) mass is 242 g/mol. The van der Waals surface area contributed by atoms with Gasteiger partial charge in [0.05, 0.1) is 13.0 Å². The highest BCUT2D eigenvalue weighted by atomic mass is 16.6. The molecule has 0 amide bonds. The molecule has 0 aromatic heterocycles. The number of esters is 2. The Kier molecular flexibility index (Phi) is 4.54. The Balaban J connectivity index is 2.35. The van der Waals surface area contributed by atoms with Gasteiger partial charge in [0.1, 0.15) is 5.60 Å². The van der Waals surface area contributed by atoms with Crippen LogP contribution in [-0.4, -0.2) is 24.6 Å². The van der Waals surface area contributed by atoms with E-state index in [1.54, 1.807) is 0 Å². The second-order valence-corrected chi connectivity index (χ2v) is 5.69. The van der Waals surface area contributed by atoms with Crippen LogP contribution < -0.4 is 0 Å². The van der Waals surface area contributed by atoms with Crippen molar-refractivity contribution in [2.45, 2.75) is 52.1 Å². The maximum atomic E-state index is 11.6. The molecule has 98 valence electrons.